The number of rotatable bonds is 7. The lowest BCUT2D eigenvalue weighted by atomic mass is 10.0. The van der Waals surface area contributed by atoms with Gasteiger partial charge in [0.25, 0.3) is 0 Å². The highest BCUT2D eigenvalue weighted by molar-refractivity contribution is 5.86. The summed E-state index contributed by atoms with van der Waals surface area (Å²) in [4.78, 5) is 20.3. The maximum absolute atomic E-state index is 12.6. The van der Waals surface area contributed by atoms with Crippen LogP contribution < -0.4 is 10.1 Å². The lowest BCUT2D eigenvalue weighted by Gasteiger charge is -2.24. The van der Waals surface area contributed by atoms with E-state index >= 15 is 0 Å². The fraction of sp³-hybridized carbons (Fsp3) is 0.276. The first-order chi connectivity index (χ1) is 17.7. The molecule has 3 N–H and O–H groups in total. The van der Waals surface area contributed by atoms with Crippen LogP contribution in [0, 0.1) is 6.92 Å². The summed E-state index contributed by atoms with van der Waals surface area (Å²) >= 11 is 0. The van der Waals surface area contributed by atoms with E-state index in [4.69, 9.17) is 9.47 Å². The second-order valence-corrected chi connectivity index (χ2v) is 10.2. The van der Waals surface area contributed by atoms with Gasteiger partial charge in [0, 0.05) is 39.9 Å². The van der Waals surface area contributed by atoms with E-state index in [1.807, 2.05) is 76.5 Å². The summed E-state index contributed by atoms with van der Waals surface area (Å²) in [6.07, 6.45) is 5.57. The zero-order valence-corrected chi connectivity index (χ0v) is 21.5. The predicted octanol–water partition coefficient (Wildman–Crippen LogP) is 5.93. The Bertz CT molecular complexity index is 1550. The Morgan fingerprint density at radius 3 is 2.73 bits per heavy atom. The number of amides is 1. The molecule has 0 saturated heterocycles. The number of alkyl carbamates (subject to hydrolysis) is 1. The van der Waals surface area contributed by atoms with Gasteiger partial charge >= 0.3 is 6.09 Å². The summed E-state index contributed by atoms with van der Waals surface area (Å²) in [6.45, 7) is 7.79. The molecule has 0 saturated carbocycles. The molecule has 3 heterocycles. The van der Waals surface area contributed by atoms with Gasteiger partial charge in [-0.05, 0) is 69.5 Å². The quantitative estimate of drug-likeness (QED) is 0.258. The molecule has 1 unspecified atom stereocenters. The number of hydrogen-bond acceptors (Lipinski definition) is 5. The molecule has 3 aromatic heterocycles. The number of pyridine rings is 1. The van der Waals surface area contributed by atoms with Gasteiger partial charge in [-0.1, -0.05) is 24.3 Å². The van der Waals surface area contributed by atoms with E-state index in [2.05, 4.69) is 37.6 Å². The van der Waals surface area contributed by atoms with Crippen molar-refractivity contribution in [2.45, 2.75) is 45.8 Å². The Labute approximate surface area is 215 Å². The van der Waals surface area contributed by atoms with Crippen LogP contribution in [0.15, 0.2) is 67.1 Å². The third kappa shape index (κ3) is 5.74. The highest BCUT2D eigenvalue weighted by Crippen LogP contribution is 2.27. The number of nitrogens with zero attached hydrogens (tertiary/aromatic N) is 2. The zero-order valence-electron chi connectivity index (χ0n) is 21.5. The average molecular weight is 498 g/mol. The van der Waals surface area contributed by atoms with Gasteiger partial charge in [0.1, 0.15) is 18.0 Å². The number of nitrogens with one attached hydrogen (secondary N) is 3. The second kappa shape index (κ2) is 9.97. The van der Waals surface area contributed by atoms with E-state index in [9.17, 15) is 4.79 Å². The van der Waals surface area contributed by atoms with E-state index in [0.29, 0.717) is 12.2 Å². The van der Waals surface area contributed by atoms with Crippen molar-refractivity contribution in [2.75, 3.05) is 6.61 Å². The number of benzene rings is 2. The lowest BCUT2D eigenvalue weighted by Crippen LogP contribution is -2.43. The molecular weight excluding hydrogens is 466 g/mol. The van der Waals surface area contributed by atoms with Crippen LogP contribution in [0.4, 0.5) is 4.79 Å². The summed E-state index contributed by atoms with van der Waals surface area (Å²) in [5.41, 5.74) is 5.46. The number of H-pyrrole nitrogens is 2. The summed E-state index contributed by atoms with van der Waals surface area (Å²) in [7, 11) is 0. The highest BCUT2D eigenvalue weighted by Gasteiger charge is 2.21. The number of carbonyl (C=O) groups excluding carboxylic acids is 1. The minimum atomic E-state index is -0.594. The van der Waals surface area contributed by atoms with Gasteiger partial charge in [0.2, 0.25) is 0 Å². The molecule has 0 spiro atoms. The van der Waals surface area contributed by atoms with Crippen molar-refractivity contribution in [3.63, 3.8) is 0 Å². The van der Waals surface area contributed by atoms with Crippen LogP contribution in [-0.4, -0.2) is 44.5 Å². The summed E-state index contributed by atoms with van der Waals surface area (Å²) in [6, 6.07) is 15.8. The van der Waals surface area contributed by atoms with Gasteiger partial charge in [-0.2, -0.15) is 5.10 Å². The minimum Gasteiger partial charge on any atom is -0.490 e. The van der Waals surface area contributed by atoms with Crippen molar-refractivity contribution in [3.8, 4) is 16.9 Å². The average Bonchev–Trinajstić information content (AvgIpc) is 3.44. The third-order valence-electron chi connectivity index (χ3n) is 6.10. The molecule has 0 aliphatic heterocycles. The monoisotopic (exact) mass is 497 g/mol. The summed E-state index contributed by atoms with van der Waals surface area (Å²) in [5.74, 6) is 0.622. The standard InChI is InChI=1S/C29H31N5O3/c1-18-25-13-19(9-10-27(25)34-33-18)20-12-23(16-30-14-20)36-17-22(32-28(35)37-29(2,3)4)11-21-15-31-26-8-6-5-7-24(21)26/h5-10,12-16,22,31H,11,17H2,1-4H3,(H,32,35)(H,33,34). The molecule has 0 aliphatic rings. The molecule has 0 bridgehead atoms. The topological polar surface area (TPSA) is 105 Å². The summed E-state index contributed by atoms with van der Waals surface area (Å²) in [5, 5.41) is 12.5. The van der Waals surface area contributed by atoms with Crippen molar-refractivity contribution in [2.24, 2.45) is 0 Å². The van der Waals surface area contributed by atoms with Crippen LogP contribution in [-0.2, 0) is 11.2 Å². The van der Waals surface area contributed by atoms with Crippen LogP contribution in [0.25, 0.3) is 32.9 Å². The van der Waals surface area contributed by atoms with Gasteiger partial charge in [0.15, 0.2) is 0 Å². The Kier molecular flexibility index (Phi) is 6.56. The number of para-hydroxylation sites is 1. The molecule has 2 aromatic carbocycles. The van der Waals surface area contributed by atoms with Crippen LogP contribution in [0.5, 0.6) is 5.75 Å². The second-order valence-electron chi connectivity index (χ2n) is 10.2. The van der Waals surface area contributed by atoms with Gasteiger partial charge in [-0.25, -0.2) is 4.79 Å². The number of aromatic amines is 2. The molecule has 190 valence electrons. The lowest BCUT2D eigenvalue weighted by molar-refractivity contribution is 0.0488. The molecule has 0 radical (unpaired) electrons. The van der Waals surface area contributed by atoms with Gasteiger partial charge in [-0.3, -0.25) is 10.1 Å². The van der Waals surface area contributed by atoms with Gasteiger partial charge in [-0.15, -0.1) is 0 Å². The molecular formula is C29H31N5O3. The van der Waals surface area contributed by atoms with Crippen LogP contribution in [0.1, 0.15) is 32.0 Å². The molecule has 8 nitrogen and oxygen atoms in total. The van der Waals surface area contributed by atoms with Crippen LogP contribution >= 0.6 is 0 Å². The smallest absolute Gasteiger partial charge is 0.408 e. The van der Waals surface area contributed by atoms with E-state index in [-0.39, 0.29) is 12.6 Å². The SMILES string of the molecule is Cc1[nH]nc2ccc(-c3cncc(OCC(Cc4c[nH]c5ccccc45)NC(=O)OC(C)(C)C)c3)cc12. The van der Waals surface area contributed by atoms with Crippen molar-refractivity contribution in [1.82, 2.24) is 25.5 Å². The predicted molar refractivity (Wildman–Crippen MR) is 145 cm³/mol. The first-order valence-electron chi connectivity index (χ1n) is 12.3. The molecule has 0 aliphatic carbocycles. The van der Waals surface area contributed by atoms with Gasteiger partial charge < -0.3 is 19.8 Å². The Balaban J connectivity index is 1.34. The molecule has 37 heavy (non-hydrogen) atoms. The summed E-state index contributed by atoms with van der Waals surface area (Å²) < 4.78 is 11.7. The first-order valence-corrected chi connectivity index (χ1v) is 12.3. The first kappa shape index (κ1) is 24.4. The Morgan fingerprint density at radius 1 is 1.05 bits per heavy atom. The van der Waals surface area contributed by atoms with E-state index in [1.165, 1.54) is 0 Å². The zero-order chi connectivity index (χ0) is 26.0. The maximum Gasteiger partial charge on any atom is 0.408 e. The van der Waals surface area contributed by atoms with E-state index < -0.39 is 11.7 Å². The molecule has 5 rings (SSSR count). The fourth-order valence-corrected chi connectivity index (χ4v) is 4.36. The number of hydrogen-bond donors (Lipinski definition) is 3. The number of ether oxygens (including phenoxy) is 2. The number of aromatic nitrogens is 4. The van der Waals surface area contributed by atoms with Crippen molar-refractivity contribution in [3.05, 3.63) is 78.4 Å². The van der Waals surface area contributed by atoms with Crippen molar-refractivity contribution < 1.29 is 14.3 Å². The van der Waals surface area contributed by atoms with Crippen LogP contribution in [0.2, 0.25) is 0 Å². The highest BCUT2D eigenvalue weighted by atomic mass is 16.6. The maximum atomic E-state index is 12.6. The van der Waals surface area contributed by atoms with Crippen LogP contribution in [0.3, 0.4) is 0 Å². The third-order valence-corrected chi connectivity index (χ3v) is 6.10. The Morgan fingerprint density at radius 2 is 1.89 bits per heavy atom. The van der Waals surface area contributed by atoms with Crippen molar-refractivity contribution >= 4 is 27.9 Å². The van der Waals surface area contributed by atoms with Gasteiger partial charge in [0.05, 0.1) is 17.8 Å². The van der Waals surface area contributed by atoms with Crippen molar-refractivity contribution in [1.29, 1.82) is 0 Å². The normalized spacial score (nSPS) is 12.5. The molecule has 8 heteroatoms. The number of fused-ring (bicyclic) bond motifs is 2. The molecule has 1 atom stereocenters. The number of aryl methyl sites for hydroxylation is 1. The van der Waals surface area contributed by atoms with E-state index in [0.717, 1.165) is 44.2 Å². The molecule has 1 amide bonds. The largest absolute Gasteiger partial charge is 0.490 e. The fourth-order valence-electron chi connectivity index (χ4n) is 4.36. The molecule has 0 fully saturated rings. The minimum absolute atomic E-state index is 0.254. The number of carbonyl (C=O) groups is 1. The Hall–Kier alpha value is -4.33. The van der Waals surface area contributed by atoms with E-state index in [1.54, 1.807) is 6.20 Å². The molecule has 5 aromatic rings.